The summed E-state index contributed by atoms with van der Waals surface area (Å²) in [5.74, 6) is -2.96. The number of carboxylic acid groups (broad SMARTS) is 1. The van der Waals surface area contributed by atoms with Gasteiger partial charge in [0.15, 0.2) is 5.15 Å². The van der Waals surface area contributed by atoms with Crippen molar-refractivity contribution in [2.75, 3.05) is 5.32 Å². The molecule has 2 bridgehead atoms. The third-order valence-corrected chi connectivity index (χ3v) is 8.26. The number of alkyl halides is 3. The molecule has 49 heavy (non-hydrogen) atoms. The molecule has 0 aliphatic carbocycles. The Morgan fingerprint density at radius 2 is 1.86 bits per heavy atom. The minimum absolute atomic E-state index is 0.0349. The highest BCUT2D eigenvalue weighted by molar-refractivity contribution is 6.31. The van der Waals surface area contributed by atoms with Crippen LogP contribution >= 0.6 is 23.2 Å². The van der Waals surface area contributed by atoms with Gasteiger partial charge in [0.1, 0.15) is 0 Å². The molecule has 1 aliphatic heterocycles. The number of aryl methyl sites for hydroxylation is 1. The number of anilines is 1. The van der Waals surface area contributed by atoms with E-state index in [1.165, 1.54) is 10.7 Å². The molecular weight excluding hydrogens is 690 g/mol. The summed E-state index contributed by atoms with van der Waals surface area (Å²) in [6.45, 7) is 2.01. The highest BCUT2D eigenvalue weighted by Crippen LogP contribution is 2.33. The van der Waals surface area contributed by atoms with E-state index in [2.05, 4.69) is 30.7 Å². The van der Waals surface area contributed by atoms with Crippen LogP contribution in [0.25, 0.3) is 28.2 Å². The number of carboxylic acids is 1. The van der Waals surface area contributed by atoms with Gasteiger partial charge in [0.25, 0.3) is 5.56 Å². The van der Waals surface area contributed by atoms with Crippen molar-refractivity contribution >= 4 is 40.8 Å². The van der Waals surface area contributed by atoms with Crippen LogP contribution in [0.5, 0.6) is 0 Å². The molecule has 1 aliphatic rings. The Bertz CT molecular complexity index is 2060. The lowest BCUT2D eigenvalue weighted by Crippen LogP contribution is -2.27. The van der Waals surface area contributed by atoms with Gasteiger partial charge in [-0.1, -0.05) is 41.8 Å². The molecule has 5 aromatic rings. The number of hydrogen-bond acceptors (Lipinski definition) is 8. The lowest BCUT2D eigenvalue weighted by molar-refractivity contribution is -0.192. The summed E-state index contributed by atoms with van der Waals surface area (Å²) >= 11 is 12.3. The van der Waals surface area contributed by atoms with Crippen molar-refractivity contribution in [2.45, 2.75) is 44.8 Å². The van der Waals surface area contributed by atoms with Crippen LogP contribution in [0.3, 0.4) is 0 Å². The van der Waals surface area contributed by atoms with E-state index in [0.717, 1.165) is 17.0 Å². The van der Waals surface area contributed by atoms with Crippen molar-refractivity contribution in [3.63, 3.8) is 0 Å². The maximum Gasteiger partial charge on any atom is 0.490 e. The minimum atomic E-state index is -5.08. The fourth-order valence-electron chi connectivity index (χ4n) is 5.46. The minimum Gasteiger partial charge on any atom is -0.475 e. The molecule has 4 aromatic heterocycles. The number of hydrogen-bond donors (Lipinski definition) is 2. The van der Waals surface area contributed by atoms with Crippen LogP contribution in [0.15, 0.2) is 66.1 Å². The largest absolute Gasteiger partial charge is 0.490 e. The molecule has 13 nitrogen and oxygen atoms in total. The third kappa shape index (κ3) is 7.97. The van der Waals surface area contributed by atoms with Crippen LogP contribution in [0.2, 0.25) is 10.2 Å². The van der Waals surface area contributed by atoms with Crippen LogP contribution in [-0.2, 0) is 16.6 Å². The molecule has 0 fully saturated rings. The Kier molecular flexibility index (Phi) is 10.5. The molecule has 256 valence electrons. The molecule has 18 heteroatoms. The van der Waals surface area contributed by atoms with E-state index in [1.807, 2.05) is 26.1 Å². The molecule has 5 heterocycles. The fourth-order valence-corrected chi connectivity index (χ4v) is 5.76. The third-order valence-electron chi connectivity index (χ3n) is 7.85. The maximum absolute atomic E-state index is 13.7. The van der Waals surface area contributed by atoms with E-state index in [1.54, 1.807) is 52.4 Å². The number of aliphatic carboxylic acids is 1. The number of benzene rings is 1. The second kappa shape index (κ2) is 14.6. The van der Waals surface area contributed by atoms with Crippen LogP contribution < -0.4 is 10.9 Å². The Balaban J connectivity index is 0.000000606. The second-order valence-electron chi connectivity index (χ2n) is 11.0. The Morgan fingerprint density at radius 1 is 1.10 bits per heavy atom. The smallest absolute Gasteiger partial charge is 0.475 e. The summed E-state index contributed by atoms with van der Waals surface area (Å²) in [6.07, 6.45) is 4.07. The normalized spacial score (nSPS) is 16.3. The molecule has 0 unspecified atom stereocenters. The Hall–Kier alpha value is -5.09. The van der Waals surface area contributed by atoms with Crippen molar-refractivity contribution in [1.29, 1.82) is 0 Å². The molecule has 0 saturated heterocycles. The molecule has 2 N–H and O–H groups in total. The number of amides is 1. The van der Waals surface area contributed by atoms with E-state index in [4.69, 9.17) is 33.1 Å². The van der Waals surface area contributed by atoms with E-state index in [0.29, 0.717) is 53.3 Å². The van der Waals surface area contributed by atoms with Gasteiger partial charge in [0, 0.05) is 41.4 Å². The van der Waals surface area contributed by atoms with Gasteiger partial charge in [-0.05, 0) is 49.6 Å². The average molecular weight is 719 g/mol. The van der Waals surface area contributed by atoms with E-state index in [9.17, 15) is 22.8 Å². The molecule has 6 rings (SSSR count). The summed E-state index contributed by atoms with van der Waals surface area (Å²) in [5.41, 5.74) is 4.37. The van der Waals surface area contributed by atoms with Crippen LogP contribution in [-0.4, -0.2) is 62.5 Å². The van der Waals surface area contributed by atoms with E-state index in [-0.39, 0.29) is 22.5 Å². The molecule has 1 aromatic carbocycles. The average Bonchev–Trinajstić information content (AvgIpc) is 3.65. The Morgan fingerprint density at radius 3 is 2.51 bits per heavy atom. The van der Waals surface area contributed by atoms with Crippen molar-refractivity contribution < 1.29 is 27.9 Å². The number of aromatic nitrogens is 8. The standard InChI is InChI=1S/C29H27Cl2N9O2.C2HF3O2/c1-3-17-5-4-6-25(22-11-18(9-10-32-22)28-23(35-29(17)42)14-34-38(28)2)39-16-33-21(13-27(39)41)20-12-19(30)7-8-24(20)40-15-26(31)36-37-40;3-2(4,5)1(6)7/h7-17,25H,3-6H2,1-2H3,(H,35,42);(H,6,7)/t17-,25+;/m1./s1. The van der Waals surface area contributed by atoms with E-state index < -0.39 is 18.2 Å². The summed E-state index contributed by atoms with van der Waals surface area (Å²) in [7, 11) is 1.83. The fraction of sp³-hybridized carbons (Fsp3) is 0.290. The number of carbonyl (C=O) groups is 2. The van der Waals surface area contributed by atoms with Crippen molar-refractivity contribution in [3.05, 3.63) is 87.5 Å². The first-order chi connectivity index (χ1) is 23.3. The predicted molar refractivity (Wildman–Crippen MR) is 173 cm³/mol. The predicted octanol–water partition coefficient (Wildman–Crippen LogP) is 5.96. The van der Waals surface area contributed by atoms with Gasteiger partial charge in [-0.25, -0.2) is 14.5 Å². The number of nitrogens with one attached hydrogen (secondary N) is 1. The molecule has 2 atom stereocenters. The van der Waals surface area contributed by atoms with Crippen molar-refractivity contribution in [2.24, 2.45) is 13.0 Å². The lowest BCUT2D eigenvalue weighted by Gasteiger charge is -2.23. The highest BCUT2D eigenvalue weighted by atomic mass is 35.5. The molecular formula is C31H28Cl2F3N9O4. The summed E-state index contributed by atoms with van der Waals surface area (Å²) in [5, 5.41) is 23.2. The van der Waals surface area contributed by atoms with E-state index >= 15 is 0 Å². The monoisotopic (exact) mass is 717 g/mol. The first-order valence-corrected chi connectivity index (χ1v) is 15.6. The first kappa shape index (κ1) is 35.2. The topological polar surface area (TPSA) is 163 Å². The van der Waals surface area contributed by atoms with Gasteiger partial charge >= 0.3 is 12.1 Å². The number of halogens is 5. The SMILES string of the molecule is CC[C@@H]1CCC[C@H](n2cnc(-c3cc(Cl)ccc3-n3cc(Cl)nn3)cc2=O)c2cc(ccn2)-c2c(cnn2C)NC1=O.O=C(O)C(F)(F)F. The highest BCUT2D eigenvalue weighted by Gasteiger charge is 2.38. The zero-order valence-corrected chi connectivity index (χ0v) is 27.4. The number of rotatable bonds is 4. The number of fused-ring (bicyclic) bond motifs is 4. The number of nitrogens with zero attached hydrogens (tertiary/aromatic N) is 8. The van der Waals surface area contributed by atoms with Crippen molar-refractivity contribution in [1.82, 2.24) is 39.3 Å². The second-order valence-corrected chi connectivity index (χ2v) is 11.8. The molecule has 0 radical (unpaired) electrons. The van der Waals surface area contributed by atoms with Gasteiger partial charge in [-0.15, -0.1) is 5.10 Å². The van der Waals surface area contributed by atoms with Gasteiger partial charge < -0.3 is 10.4 Å². The zero-order chi connectivity index (χ0) is 35.5. The number of carbonyl (C=O) groups excluding carboxylic acids is 1. The quantitative estimate of drug-likeness (QED) is 0.228. The summed E-state index contributed by atoms with van der Waals surface area (Å²) in [6, 6.07) is 10.1. The Labute approximate surface area is 286 Å². The first-order valence-electron chi connectivity index (χ1n) is 14.8. The van der Waals surface area contributed by atoms with Gasteiger partial charge in [0.2, 0.25) is 5.91 Å². The lowest BCUT2D eigenvalue weighted by atomic mass is 9.94. The van der Waals surface area contributed by atoms with Gasteiger partial charge in [0.05, 0.1) is 53.2 Å². The van der Waals surface area contributed by atoms with Crippen LogP contribution in [0.4, 0.5) is 18.9 Å². The molecule has 0 spiro atoms. The van der Waals surface area contributed by atoms with Gasteiger partial charge in [-0.2, -0.15) is 18.3 Å². The van der Waals surface area contributed by atoms with Crippen LogP contribution in [0.1, 0.15) is 44.3 Å². The van der Waals surface area contributed by atoms with Crippen molar-refractivity contribution in [3.8, 4) is 28.2 Å². The zero-order valence-electron chi connectivity index (χ0n) is 25.9. The summed E-state index contributed by atoms with van der Waals surface area (Å²) < 4.78 is 36.6. The number of pyridine rings is 1. The molecule has 1 amide bonds. The summed E-state index contributed by atoms with van der Waals surface area (Å²) in [4.78, 5) is 45.1. The van der Waals surface area contributed by atoms with Crippen LogP contribution in [0, 0.1) is 5.92 Å². The maximum atomic E-state index is 13.7. The van der Waals surface area contributed by atoms with Gasteiger partial charge in [-0.3, -0.25) is 23.8 Å². The molecule has 0 saturated carbocycles.